The summed E-state index contributed by atoms with van der Waals surface area (Å²) in [6, 6.07) is 4.03. The summed E-state index contributed by atoms with van der Waals surface area (Å²) >= 11 is 0. The third-order valence-corrected chi connectivity index (χ3v) is 3.01. The van der Waals surface area contributed by atoms with Crippen LogP contribution in [0.4, 0.5) is 0 Å². The molecule has 1 aliphatic rings. The fourth-order valence-corrected chi connectivity index (χ4v) is 2.09. The van der Waals surface area contributed by atoms with Gasteiger partial charge in [-0.3, -0.25) is 4.98 Å². The quantitative estimate of drug-likeness (QED) is 0.749. The minimum atomic E-state index is -0.183. The first-order valence-corrected chi connectivity index (χ1v) is 5.08. The maximum absolute atomic E-state index is 9.46. The van der Waals surface area contributed by atoms with Gasteiger partial charge in [-0.25, -0.2) is 0 Å². The van der Waals surface area contributed by atoms with Crippen LogP contribution in [-0.4, -0.2) is 37.0 Å². The second-order valence-corrected chi connectivity index (χ2v) is 4.02. The molecule has 1 fully saturated rings. The molecule has 1 aromatic rings. The van der Waals surface area contributed by atoms with Crippen molar-refractivity contribution < 1.29 is 9.84 Å². The monoisotopic (exact) mass is 208 g/mol. The Hall–Kier alpha value is -0.970. The van der Waals surface area contributed by atoms with Crippen molar-refractivity contribution in [2.75, 3.05) is 26.9 Å². The van der Waals surface area contributed by atoms with Crippen molar-refractivity contribution >= 4 is 0 Å². The molecule has 0 bridgehead atoms. The van der Waals surface area contributed by atoms with Crippen molar-refractivity contribution in [2.45, 2.75) is 6.04 Å². The Balaban J connectivity index is 2.24. The highest BCUT2D eigenvalue weighted by atomic mass is 16.5. The van der Waals surface area contributed by atoms with Gasteiger partial charge in [0.2, 0.25) is 0 Å². The number of aromatic nitrogens is 1. The first kappa shape index (κ1) is 10.5. The molecule has 1 aliphatic heterocycles. The molecule has 1 unspecified atom stereocenters. The van der Waals surface area contributed by atoms with Crippen molar-refractivity contribution in [3.63, 3.8) is 0 Å². The highest BCUT2D eigenvalue weighted by Gasteiger charge is 2.45. The van der Waals surface area contributed by atoms with E-state index in [1.165, 1.54) is 0 Å². The number of aliphatic hydroxyl groups is 1. The normalized spacial score (nSPS) is 20.7. The Kier molecular flexibility index (Phi) is 3.00. The van der Waals surface area contributed by atoms with E-state index in [1.807, 2.05) is 25.4 Å². The van der Waals surface area contributed by atoms with E-state index in [4.69, 9.17) is 4.74 Å². The number of hydrogen-bond acceptors (Lipinski definition) is 4. The molecule has 82 valence electrons. The SMILES string of the molecule is CNC(c1cccnc1)C1(CO)COC1. The lowest BCUT2D eigenvalue weighted by molar-refractivity contribution is -0.155. The fraction of sp³-hybridized carbons (Fsp3) is 0.545. The number of nitrogens with zero attached hydrogens (tertiary/aromatic N) is 1. The molecule has 0 aliphatic carbocycles. The van der Waals surface area contributed by atoms with Crippen LogP contribution in [0.15, 0.2) is 24.5 Å². The molecule has 1 atom stereocenters. The maximum atomic E-state index is 9.46. The topological polar surface area (TPSA) is 54.4 Å². The van der Waals surface area contributed by atoms with Crippen LogP contribution in [0.25, 0.3) is 0 Å². The van der Waals surface area contributed by atoms with Gasteiger partial charge in [-0.05, 0) is 18.7 Å². The van der Waals surface area contributed by atoms with E-state index in [-0.39, 0.29) is 18.1 Å². The number of ether oxygens (including phenoxy) is 1. The van der Waals surface area contributed by atoms with Gasteiger partial charge < -0.3 is 15.2 Å². The van der Waals surface area contributed by atoms with Crippen LogP contribution >= 0.6 is 0 Å². The third kappa shape index (κ3) is 1.76. The molecule has 0 radical (unpaired) electrons. The van der Waals surface area contributed by atoms with Gasteiger partial charge in [-0.15, -0.1) is 0 Å². The summed E-state index contributed by atoms with van der Waals surface area (Å²) in [5.41, 5.74) is 0.912. The molecular formula is C11H16N2O2. The van der Waals surface area contributed by atoms with Gasteiger partial charge in [-0.2, -0.15) is 0 Å². The summed E-state index contributed by atoms with van der Waals surface area (Å²) in [5, 5.41) is 12.7. The van der Waals surface area contributed by atoms with Gasteiger partial charge in [0, 0.05) is 18.4 Å². The lowest BCUT2D eigenvalue weighted by Crippen LogP contribution is -2.53. The molecule has 2 heterocycles. The predicted octanol–water partition coefficient (Wildman–Crippen LogP) is 0.351. The van der Waals surface area contributed by atoms with Gasteiger partial charge in [0.05, 0.1) is 25.2 Å². The predicted molar refractivity (Wildman–Crippen MR) is 56.4 cm³/mol. The molecule has 0 spiro atoms. The molecule has 2 N–H and O–H groups in total. The Morgan fingerprint density at radius 1 is 1.67 bits per heavy atom. The fourth-order valence-electron chi connectivity index (χ4n) is 2.09. The van der Waals surface area contributed by atoms with Crippen LogP contribution in [0.2, 0.25) is 0 Å². The summed E-state index contributed by atoms with van der Waals surface area (Å²) in [6.45, 7) is 1.33. The first-order chi connectivity index (χ1) is 7.32. The number of aliphatic hydroxyl groups excluding tert-OH is 1. The molecule has 0 amide bonds. The Morgan fingerprint density at radius 3 is 2.87 bits per heavy atom. The van der Waals surface area contributed by atoms with Crippen LogP contribution in [-0.2, 0) is 4.74 Å². The van der Waals surface area contributed by atoms with Gasteiger partial charge >= 0.3 is 0 Å². The molecule has 0 aromatic carbocycles. The zero-order chi connectivity index (χ0) is 10.7. The van der Waals surface area contributed by atoms with E-state index in [2.05, 4.69) is 10.3 Å². The minimum absolute atomic E-state index is 0.102. The number of rotatable bonds is 4. The first-order valence-electron chi connectivity index (χ1n) is 5.08. The smallest absolute Gasteiger partial charge is 0.0596 e. The number of nitrogens with one attached hydrogen (secondary N) is 1. The van der Waals surface area contributed by atoms with Crippen LogP contribution in [0, 0.1) is 5.41 Å². The van der Waals surface area contributed by atoms with Crippen LogP contribution in [0.1, 0.15) is 11.6 Å². The number of hydrogen-bond donors (Lipinski definition) is 2. The Labute approximate surface area is 89.3 Å². The largest absolute Gasteiger partial charge is 0.396 e. The second-order valence-electron chi connectivity index (χ2n) is 4.02. The second kappa shape index (κ2) is 4.26. The average molecular weight is 208 g/mol. The summed E-state index contributed by atoms with van der Waals surface area (Å²) in [5.74, 6) is 0. The van der Waals surface area contributed by atoms with Gasteiger partial charge in [0.15, 0.2) is 0 Å². The molecular weight excluding hydrogens is 192 g/mol. The van der Waals surface area contributed by atoms with Crippen molar-refractivity contribution in [3.8, 4) is 0 Å². The summed E-state index contributed by atoms with van der Waals surface area (Å²) < 4.78 is 5.21. The van der Waals surface area contributed by atoms with Gasteiger partial charge in [0.1, 0.15) is 0 Å². The van der Waals surface area contributed by atoms with Crippen molar-refractivity contribution in [2.24, 2.45) is 5.41 Å². The highest BCUT2D eigenvalue weighted by molar-refractivity contribution is 5.19. The Bertz CT molecular complexity index is 306. The highest BCUT2D eigenvalue weighted by Crippen LogP contribution is 2.39. The minimum Gasteiger partial charge on any atom is -0.396 e. The van der Waals surface area contributed by atoms with E-state index < -0.39 is 0 Å². The third-order valence-electron chi connectivity index (χ3n) is 3.01. The van der Waals surface area contributed by atoms with Crippen LogP contribution in [0.5, 0.6) is 0 Å². The molecule has 1 saturated heterocycles. The van der Waals surface area contributed by atoms with Crippen LogP contribution in [0.3, 0.4) is 0 Å². The zero-order valence-electron chi connectivity index (χ0n) is 8.81. The molecule has 2 rings (SSSR count). The van der Waals surface area contributed by atoms with E-state index in [0.29, 0.717) is 13.2 Å². The molecule has 4 heteroatoms. The summed E-state index contributed by atoms with van der Waals surface area (Å²) in [7, 11) is 1.90. The average Bonchev–Trinajstić information content (AvgIpc) is 2.24. The van der Waals surface area contributed by atoms with E-state index in [1.54, 1.807) is 6.20 Å². The molecule has 1 aromatic heterocycles. The lowest BCUT2D eigenvalue weighted by atomic mass is 9.76. The van der Waals surface area contributed by atoms with E-state index in [0.717, 1.165) is 5.56 Å². The Morgan fingerprint density at radius 2 is 2.47 bits per heavy atom. The number of pyridine rings is 1. The lowest BCUT2D eigenvalue weighted by Gasteiger charge is -2.45. The van der Waals surface area contributed by atoms with E-state index >= 15 is 0 Å². The summed E-state index contributed by atoms with van der Waals surface area (Å²) in [4.78, 5) is 4.10. The van der Waals surface area contributed by atoms with Crippen molar-refractivity contribution in [1.29, 1.82) is 0 Å². The van der Waals surface area contributed by atoms with Crippen molar-refractivity contribution in [1.82, 2.24) is 10.3 Å². The van der Waals surface area contributed by atoms with Crippen molar-refractivity contribution in [3.05, 3.63) is 30.1 Å². The zero-order valence-corrected chi connectivity index (χ0v) is 8.81. The van der Waals surface area contributed by atoms with Gasteiger partial charge in [-0.1, -0.05) is 6.07 Å². The van der Waals surface area contributed by atoms with Gasteiger partial charge in [0.25, 0.3) is 0 Å². The maximum Gasteiger partial charge on any atom is 0.0596 e. The molecule has 4 nitrogen and oxygen atoms in total. The molecule has 0 saturated carbocycles. The van der Waals surface area contributed by atoms with E-state index in [9.17, 15) is 5.11 Å². The molecule has 15 heavy (non-hydrogen) atoms. The standard InChI is InChI=1S/C11H16N2O2/c1-12-10(9-3-2-4-13-5-9)11(6-14)7-15-8-11/h2-5,10,12,14H,6-8H2,1H3. The summed E-state index contributed by atoms with van der Waals surface area (Å²) in [6.07, 6.45) is 3.58. The van der Waals surface area contributed by atoms with Crippen LogP contribution < -0.4 is 5.32 Å².